The van der Waals surface area contributed by atoms with Crippen LogP contribution in [0.4, 0.5) is 0 Å². The first-order chi connectivity index (χ1) is 23.7. The van der Waals surface area contributed by atoms with E-state index in [0.29, 0.717) is 6.04 Å². The number of aryl methyl sites for hydroxylation is 1. The van der Waals surface area contributed by atoms with E-state index in [1.807, 2.05) is 27.0 Å². The van der Waals surface area contributed by atoms with Crippen molar-refractivity contribution in [1.29, 1.82) is 0 Å². The predicted octanol–water partition coefficient (Wildman–Crippen LogP) is 7.22. The van der Waals surface area contributed by atoms with Gasteiger partial charge < -0.3 is 18.9 Å². The number of carbonyl (C=O) groups is 1. The van der Waals surface area contributed by atoms with E-state index >= 15 is 0 Å². The van der Waals surface area contributed by atoms with Crippen molar-refractivity contribution >= 4 is 5.91 Å². The Labute approximate surface area is 299 Å². The van der Waals surface area contributed by atoms with Crippen molar-refractivity contribution < 1.29 is 14.3 Å². The van der Waals surface area contributed by atoms with Crippen molar-refractivity contribution in [1.82, 2.24) is 19.3 Å². The number of piperazine rings is 1. The van der Waals surface area contributed by atoms with Gasteiger partial charge in [0.05, 0.1) is 25.8 Å². The SMILES string of the molecule is CC[C@@H]1CN(Cc2c(OC)cc(-c3cn(C)c(=O)c(C)c3C)cc2OC)CCN1Cc1cccc2c1CCN(C(=O)/C(C)=C/C(C)(C)C)C2C. The van der Waals surface area contributed by atoms with Crippen LogP contribution in [0, 0.1) is 19.3 Å². The van der Waals surface area contributed by atoms with E-state index in [0.717, 1.165) is 97.0 Å². The highest BCUT2D eigenvalue weighted by Gasteiger charge is 2.32. The standard InChI is InChI=1S/C42H58N4O4/c1-12-33-24-44(26-37-38(49-10)20-32(21-39(37)50-11)36-25-43(9)41(48)29(4)28(36)3)18-19-45(33)23-31-14-13-15-34-30(5)46(17-16-35(31)34)40(47)27(2)22-42(6,7)8/h13-15,20-22,25,30,33H,12,16-19,23-24,26H2,1-11H3/b27-22+/t30?,33-/m1/s1. The maximum absolute atomic E-state index is 13.5. The quantitative estimate of drug-likeness (QED) is 0.222. The van der Waals surface area contributed by atoms with Crippen LogP contribution in [0.15, 0.2) is 53.0 Å². The number of benzene rings is 2. The fourth-order valence-electron chi connectivity index (χ4n) is 8.01. The van der Waals surface area contributed by atoms with Crippen LogP contribution in [0.5, 0.6) is 11.5 Å². The number of ether oxygens (including phenoxy) is 2. The Hall–Kier alpha value is -3.88. The smallest absolute Gasteiger partial charge is 0.253 e. The van der Waals surface area contributed by atoms with Crippen molar-refractivity contribution in [2.24, 2.45) is 12.5 Å². The lowest BCUT2D eigenvalue weighted by molar-refractivity contribution is -0.129. The van der Waals surface area contributed by atoms with Gasteiger partial charge in [0, 0.05) is 75.3 Å². The largest absolute Gasteiger partial charge is 0.496 e. The van der Waals surface area contributed by atoms with Gasteiger partial charge in [0.25, 0.3) is 5.56 Å². The summed E-state index contributed by atoms with van der Waals surface area (Å²) in [7, 11) is 5.23. The molecule has 0 bridgehead atoms. The molecule has 50 heavy (non-hydrogen) atoms. The molecule has 1 saturated heterocycles. The molecule has 0 N–H and O–H groups in total. The van der Waals surface area contributed by atoms with E-state index in [4.69, 9.17) is 9.47 Å². The number of amides is 1. The van der Waals surface area contributed by atoms with Crippen molar-refractivity contribution in [3.63, 3.8) is 0 Å². The molecule has 2 aliphatic rings. The summed E-state index contributed by atoms with van der Waals surface area (Å²) in [5.74, 6) is 1.73. The molecule has 5 rings (SSSR count). The first-order valence-corrected chi connectivity index (χ1v) is 18.2. The number of rotatable bonds is 9. The molecule has 2 aromatic carbocycles. The van der Waals surface area contributed by atoms with Gasteiger partial charge in [0.2, 0.25) is 5.91 Å². The summed E-state index contributed by atoms with van der Waals surface area (Å²) in [5, 5.41) is 0. The zero-order chi connectivity index (χ0) is 36.5. The second-order valence-corrected chi connectivity index (χ2v) is 15.4. The molecule has 0 radical (unpaired) electrons. The van der Waals surface area contributed by atoms with Crippen LogP contribution < -0.4 is 15.0 Å². The van der Waals surface area contributed by atoms with E-state index in [-0.39, 0.29) is 22.9 Å². The third kappa shape index (κ3) is 7.71. The molecular weight excluding hydrogens is 624 g/mol. The van der Waals surface area contributed by atoms with Crippen molar-refractivity contribution in [3.8, 4) is 22.6 Å². The highest BCUT2D eigenvalue weighted by molar-refractivity contribution is 5.93. The minimum Gasteiger partial charge on any atom is -0.496 e. The first kappa shape index (κ1) is 37.4. The number of allylic oxidation sites excluding steroid dienone is 1. The summed E-state index contributed by atoms with van der Waals surface area (Å²) in [6.07, 6.45) is 5.94. The van der Waals surface area contributed by atoms with Gasteiger partial charge in [-0.2, -0.15) is 0 Å². The number of pyridine rings is 1. The molecule has 1 fully saturated rings. The molecule has 2 aliphatic heterocycles. The molecule has 8 nitrogen and oxygen atoms in total. The van der Waals surface area contributed by atoms with E-state index < -0.39 is 0 Å². The van der Waals surface area contributed by atoms with Crippen molar-refractivity contribution in [2.75, 3.05) is 40.4 Å². The second kappa shape index (κ2) is 15.2. The number of aromatic nitrogens is 1. The fraction of sp³-hybridized carbons (Fsp3) is 0.524. The average molecular weight is 683 g/mol. The lowest BCUT2D eigenvalue weighted by Gasteiger charge is -2.42. The van der Waals surface area contributed by atoms with Crippen LogP contribution in [0.3, 0.4) is 0 Å². The van der Waals surface area contributed by atoms with Gasteiger partial charge in [-0.1, -0.05) is 52.0 Å². The Morgan fingerprint density at radius 3 is 2.30 bits per heavy atom. The molecule has 0 aliphatic carbocycles. The summed E-state index contributed by atoms with van der Waals surface area (Å²) in [5.41, 5.74) is 9.62. The summed E-state index contributed by atoms with van der Waals surface area (Å²) < 4.78 is 13.6. The number of methoxy groups -OCH3 is 2. The molecule has 0 saturated carbocycles. The highest BCUT2D eigenvalue weighted by atomic mass is 16.5. The number of fused-ring (bicyclic) bond motifs is 1. The molecule has 8 heteroatoms. The fourth-order valence-corrected chi connectivity index (χ4v) is 8.01. The summed E-state index contributed by atoms with van der Waals surface area (Å²) in [6, 6.07) is 11.3. The third-order valence-electron chi connectivity index (χ3n) is 10.8. The molecule has 2 atom stereocenters. The number of hydrogen-bond acceptors (Lipinski definition) is 6. The Morgan fingerprint density at radius 2 is 1.68 bits per heavy atom. The Bertz CT molecular complexity index is 1790. The monoisotopic (exact) mass is 682 g/mol. The Kier molecular flexibility index (Phi) is 11.3. The van der Waals surface area contributed by atoms with Gasteiger partial charge in [0.1, 0.15) is 11.5 Å². The average Bonchev–Trinajstić information content (AvgIpc) is 3.08. The molecule has 3 aromatic rings. The minimum absolute atomic E-state index is 0.0195. The van der Waals surface area contributed by atoms with Crippen LogP contribution in [0.25, 0.3) is 11.1 Å². The van der Waals surface area contributed by atoms with Crippen molar-refractivity contribution in [2.45, 2.75) is 93.4 Å². The summed E-state index contributed by atoms with van der Waals surface area (Å²) in [6.45, 7) is 22.0. The van der Waals surface area contributed by atoms with Crippen LogP contribution in [0.2, 0.25) is 0 Å². The summed E-state index contributed by atoms with van der Waals surface area (Å²) >= 11 is 0. The normalized spacial score (nSPS) is 19.0. The van der Waals surface area contributed by atoms with Crippen LogP contribution in [-0.4, -0.2) is 71.6 Å². The molecular formula is C42H58N4O4. The van der Waals surface area contributed by atoms with Crippen LogP contribution in [-0.2, 0) is 31.4 Å². The van der Waals surface area contributed by atoms with Crippen LogP contribution >= 0.6 is 0 Å². The van der Waals surface area contributed by atoms with Gasteiger partial charge in [-0.15, -0.1) is 0 Å². The molecule has 1 unspecified atom stereocenters. The van der Waals surface area contributed by atoms with E-state index in [9.17, 15) is 9.59 Å². The molecule has 0 spiro atoms. The van der Waals surface area contributed by atoms with E-state index in [2.05, 4.69) is 85.7 Å². The lowest BCUT2D eigenvalue weighted by Crippen LogP contribution is -2.52. The zero-order valence-corrected chi connectivity index (χ0v) is 32.3. The highest BCUT2D eigenvalue weighted by Crippen LogP contribution is 2.38. The van der Waals surface area contributed by atoms with E-state index in [1.165, 1.54) is 16.7 Å². The number of hydrogen-bond donors (Lipinski definition) is 0. The lowest BCUT2D eigenvalue weighted by atomic mass is 9.88. The van der Waals surface area contributed by atoms with Gasteiger partial charge in [0.15, 0.2) is 0 Å². The van der Waals surface area contributed by atoms with Crippen LogP contribution in [0.1, 0.15) is 87.4 Å². The molecule has 270 valence electrons. The molecule has 3 heterocycles. The second-order valence-electron chi connectivity index (χ2n) is 15.4. The maximum atomic E-state index is 13.5. The molecule has 1 amide bonds. The maximum Gasteiger partial charge on any atom is 0.253 e. The predicted molar refractivity (Wildman–Crippen MR) is 203 cm³/mol. The van der Waals surface area contributed by atoms with Gasteiger partial charge in [-0.25, -0.2) is 0 Å². The van der Waals surface area contributed by atoms with E-state index in [1.54, 1.807) is 25.8 Å². The Morgan fingerprint density at radius 1 is 1.00 bits per heavy atom. The number of nitrogens with zero attached hydrogens (tertiary/aromatic N) is 4. The minimum atomic E-state index is -0.0313. The number of carbonyl (C=O) groups excluding carboxylic acids is 1. The third-order valence-corrected chi connectivity index (χ3v) is 10.8. The van der Waals surface area contributed by atoms with Gasteiger partial charge in [-0.05, 0) is 85.9 Å². The zero-order valence-electron chi connectivity index (χ0n) is 32.3. The molecule has 1 aromatic heterocycles. The summed E-state index contributed by atoms with van der Waals surface area (Å²) in [4.78, 5) is 33.2. The topological polar surface area (TPSA) is 67.2 Å². The van der Waals surface area contributed by atoms with Gasteiger partial charge in [-0.3, -0.25) is 19.4 Å². The van der Waals surface area contributed by atoms with Gasteiger partial charge >= 0.3 is 0 Å². The Balaban J connectivity index is 1.32. The first-order valence-electron chi connectivity index (χ1n) is 18.2. The van der Waals surface area contributed by atoms with Crippen molar-refractivity contribution in [3.05, 3.63) is 91.9 Å².